The van der Waals surface area contributed by atoms with E-state index in [4.69, 9.17) is 0 Å². The molecule has 3 rings (SSSR count). The van der Waals surface area contributed by atoms with Gasteiger partial charge in [-0.05, 0) is 46.6 Å². The van der Waals surface area contributed by atoms with Crippen LogP contribution in [0.2, 0.25) is 0 Å². The second kappa shape index (κ2) is 4.65. The number of halogens is 1. The van der Waals surface area contributed by atoms with Gasteiger partial charge >= 0.3 is 0 Å². The maximum atomic E-state index is 11.1. The quantitative estimate of drug-likeness (QED) is 0.498. The molecular formula is C12H14IN3O2. The minimum Gasteiger partial charge on any atom is -0.365 e. The Morgan fingerprint density at radius 3 is 2.61 bits per heavy atom. The SMILES string of the molecule is O=[N+]([O-])c1cc(I)ccc1N1CC2CNCC2C1. The van der Waals surface area contributed by atoms with E-state index in [2.05, 4.69) is 32.8 Å². The number of hydrogen-bond donors (Lipinski definition) is 1. The first-order valence-electron chi connectivity index (χ1n) is 6.05. The lowest BCUT2D eigenvalue weighted by Gasteiger charge is -2.19. The summed E-state index contributed by atoms with van der Waals surface area (Å²) < 4.78 is 0.907. The number of anilines is 1. The maximum Gasteiger partial charge on any atom is 0.293 e. The predicted molar refractivity (Wildman–Crippen MR) is 77.9 cm³/mol. The highest BCUT2D eigenvalue weighted by atomic mass is 127. The fourth-order valence-electron chi connectivity index (χ4n) is 2.96. The van der Waals surface area contributed by atoms with E-state index < -0.39 is 0 Å². The standard InChI is InChI=1S/C12H14IN3O2/c13-10-1-2-11(12(3-10)16(17)18)15-6-8-4-14-5-9(8)7-15/h1-3,8-9,14H,4-7H2. The molecule has 96 valence electrons. The minimum atomic E-state index is -0.274. The van der Waals surface area contributed by atoms with Crippen LogP contribution < -0.4 is 10.2 Å². The molecule has 0 radical (unpaired) electrons. The maximum absolute atomic E-state index is 11.1. The first-order valence-corrected chi connectivity index (χ1v) is 7.12. The van der Waals surface area contributed by atoms with Gasteiger partial charge in [-0.2, -0.15) is 0 Å². The van der Waals surface area contributed by atoms with Gasteiger partial charge < -0.3 is 10.2 Å². The molecule has 6 heteroatoms. The average Bonchev–Trinajstić information content (AvgIpc) is 2.88. The normalized spacial score (nSPS) is 26.4. The molecule has 0 aromatic heterocycles. The number of nitrogens with zero attached hydrogens (tertiary/aromatic N) is 2. The number of nitrogens with one attached hydrogen (secondary N) is 1. The zero-order valence-corrected chi connectivity index (χ0v) is 12.0. The summed E-state index contributed by atoms with van der Waals surface area (Å²) in [6.07, 6.45) is 0. The largest absolute Gasteiger partial charge is 0.365 e. The second-order valence-electron chi connectivity index (χ2n) is 4.97. The zero-order valence-electron chi connectivity index (χ0n) is 9.80. The molecule has 2 saturated heterocycles. The lowest BCUT2D eigenvalue weighted by Crippen LogP contribution is -2.26. The fourth-order valence-corrected chi connectivity index (χ4v) is 3.44. The van der Waals surface area contributed by atoms with Crippen molar-refractivity contribution in [2.45, 2.75) is 0 Å². The third-order valence-corrected chi connectivity index (χ3v) is 4.54. The fraction of sp³-hybridized carbons (Fsp3) is 0.500. The van der Waals surface area contributed by atoms with E-state index in [1.54, 1.807) is 6.07 Å². The van der Waals surface area contributed by atoms with Crippen LogP contribution in [-0.4, -0.2) is 31.1 Å². The highest BCUT2D eigenvalue weighted by Gasteiger charge is 2.37. The summed E-state index contributed by atoms with van der Waals surface area (Å²) in [6, 6.07) is 5.48. The van der Waals surface area contributed by atoms with Crippen LogP contribution in [0.3, 0.4) is 0 Å². The van der Waals surface area contributed by atoms with Crippen molar-refractivity contribution in [3.05, 3.63) is 31.9 Å². The average molecular weight is 359 g/mol. The number of nitro groups is 1. The van der Waals surface area contributed by atoms with Gasteiger partial charge in [0.2, 0.25) is 0 Å². The monoisotopic (exact) mass is 359 g/mol. The molecule has 0 aliphatic carbocycles. The van der Waals surface area contributed by atoms with Crippen LogP contribution in [0.25, 0.3) is 0 Å². The van der Waals surface area contributed by atoms with E-state index in [9.17, 15) is 10.1 Å². The van der Waals surface area contributed by atoms with Crippen molar-refractivity contribution in [1.29, 1.82) is 0 Å². The molecule has 2 aliphatic heterocycles. The topological polar surface area (TPSA) is 58.4 Å². The minimum absolute atomic E-state index is 0.231. The molecule has 5 nitrogen and oxygen atoms in total. The van der Waals surface area contributed by atoms with Crippen LogP contribution in [0.1, 0.15) is 0 Å². The van der Waals surface area contributed by atoms with Gasteiger partial charge in [0.1, 0.15) is 5.69 Å². The van der Waals surface area contributed by atoms with E-state index in [0.29, 0.717) is 11.8 Å². The van der Waals surface area contributed by atoms with Gasteiger partial charge in [-0.25, -0.2) is 0 Å². The van der Waals surface area contributed by atoms with E-state index in [0.717, 1.165) is 35.4 Å². The van der Waals surface area contributed by atoms with E-state index in [1.807, 2.05) is 12.1 Å². The zero-order chi connectivity index (χ0) is 12.7. The van der Waals surface area contributed by atoms with Gasteiger partial charge in [0, 0.05) is 35.8 Å². The third kappa shape index (κ3) is 2.07. The number of nitro benzene ring substituents is 1. The smallest absolute Gasteiger partial charge is 0.293 e. The molecular weight excluding hydrogens is 345 g/mol. The molecule has 1 N–H and O–H groups in total. The van der Waals surface area contributed by atoms with E-state index in [1.165, 1.54) is 0 Å². The van der Waals surface area contributed by atoms with E-state index in [-0.39, 0.29) is 10.6 Å². The number of benzene rings is 1. The second-order valence-corrected chi connectivity index (χ2v) is 6.22. The van der Waals surface area contributed by atoms with Gasteiger partial charge in [-0.15, -0.1) is 0 Å². The van der Waals surface area contributed by atoms with Gasteiger partial charge in [0.25, 0.3) is 5.69 Å². The van der Waals surface area contributed by atoms with Gasteiger partial charge in [-0.3, -0.25) is 10.1 Å². The van der Waals surface area contributed by atoms with E-state index >= 15 is 0 Å². The predicted octanol–water partition coefficient (Wildman–Crippen LogP) is 1.85. The Morgan fingerprint density at radius 2 is 2.00 bits per heavy atom. The Kier molecular flexibility index (Phi) is 3.14. The van der Waals surface area contributed by atoms with Gasteiger partial charge in [-0.1, -0.05) is 0 Å². The first-order chi connectivity index (χ1) is 8.65. The van der Waals surface area contributed by atoms with Crippen LogP contribution in [-0.2, 0) is 0 Å². The highest BCUT2D eigenvalue weighted by molar-refractivity contribution is 14.1. The first kappa shape index (κ1) is 12.2. The van der Waals surface area contributed by atoms with Gasteiger partial charge in [0.15, 0.2) is 0 Å². The van der Waals surface area contributed by atoms with Crippen molar-refractivity contribution < 1.29 is 4.92 Å². The van der Waals surface area contributed by atoms with Crippen molar-refractivity contribution in [3.8, 4) is 0 Å². The molecule has 0 spiro atoms. The Morgan fingerprint density at radius 1 is 1.33 bits per heavy atom. The van der Waals surface area contributed by atoms with Crippen LogP contribution in [0.15, 0.2) is 18.2 Å². The summed E-state index contributed by atoms with van der Waals surface area (Å²) >= 11 is 2.11. The summed E-state index contributed by atoms with van der Waals surface area (Å²) in [5.41, 5.74) is 1.00. The van der Waals surface area contributed by atoms with Crippen molar-refractivity contribution in [2.75, 3.05) is 31.1 Å². The Hall–Kier alpha value is -0.890. The number of hydrogen-bond acceptors (Lipinski definition) is 4. The van der Waals surface area contributed by atoms with Crippen molar-refractivity contribution >= 4 is 34.0 Å². The molecule has 0 saturated carbocycles. The van der Waals surface area contributed by atoms with Crippen molar-refractivity contribution in [1.82, 2.24) is 5.32 Å². The van der Waals surface area contributed by atoms with Crippen molar-refractivity contribution in [2.24, 2.45) is 11.8 Å². The van der Waals surface area contributed by atoms with Gasteiger partial charge in [0.05, 0.1) is 4.92 Å². The Labute approximate surface area is 119 Å². The summed E-state index contributed by atoms with van der Waals surface area (Å²) in [4.78, 5) is 13.0. The highest BCUT2D eigenvalue weighted by Crippen LogP contribution is 2.36. The third-order valence-electron chi connectivity index (χ3n) is 3.86. The van der Waals surface area contributed by atoms with Crippen LogP contribution in [0.5, 0.6) is 0 Å². The molecule has 2 fully saturated rings. The van der Waals surface area contributed by atoms with Crippen LogP contribution in [0, 0.1) is 25.5 Å². The molecule has 1 aromatic rings. The molecule has 2 atom stereocenters. The number of rotatable bonds is 2. The lowest BCUT2D eigenvalue weighted by atomic mass is 10.0. The lowest BCUT2D eigenvalue weighted by molar-refractivity contribution is -0.384. The molecule has 0 bridgehead atoms. The summed E-state index contributed by atoms with van der Waals surface area (Å²) in [5, 5.41) is 14.5. The Bertz CT molecular complexity index is 482. The molecule has 2 aliphatic rings. The molecule has 1 aromatic carbocycles. The number of fused-ring (bicyclic) bond motifs is 1. The summed E-state index contributed by atoms with van der Waals surface area (Å²) in [7, 11) is 0. The molecule has 18 heavy (non-hydrogen) atoms. The van der Waals surface area contributed by atoms with Crippen LogP contribution in [0.4, 0.5) is 11.4 Å². The summed E-state index contributed by atoms with van der Waals surface area (Å²) in [6.45, 7) is 3.94. The molecule has 0 amide bonds. The van der Waals surface area contributed by atoms with Crippen LogP contribution >= 0.6 is 22.6 Å². The molecule has 2 heterocycles. The summed E-state index contributed by atoms with van der Waals surface area (Å²) in [5.74, 6) is 1.28. The van der Waals surface area contributed by atoms with Crippen molar-refractivity contribution in [3.63, 3.8) is 0 Å². The Balaban J connectivity index is 1.90. The molecule has 2 unspecified atom stereocenters.